The smallest absolute Gasteiger partial charge is 0.406 e. The second-order valence-electron chi connectivity index (χ2n) is 8.98. The van der Waals surface area contributed by atoms with Crippen molar-refractivity contribution in [2.24, 2.45) is 0 Å². The van der Waals surface area contributed by atoms with Crippen molar-refractivity contribution < 1.29 is 54.1 Å². The van der Waals surface area contributed by atoms with Crippen LogP contribution >= 0.6 is 0 Å². The van der Waals surface area contributed by atoms with Crippen molar-refractivity contribution in [3.63, 3.8) is 0 Å². The number of anilines is 1. The summed E-state index contributed by atoms with van der Waals surface area (Å²) in [5.41, 5.74) is -0.171. The number of hydrogen-bond donors (Lipinski definition) is 1. The molecule has 0 bridgehead atoms. The number of nitrogens with zero attached hydrogens (tertiary/aromatic N) is 1. The van der Waals surface area contributed by atoms with Gasteiger partial charge in [0.15, 0.2) is 6.10 Å². The molecule has 0 saturated carbocycles. The van der Waals surface area contributed by atoms with Crippen LogP contribution in [-0.4, -0.2) is 43.2 Å². The molecule has 39 heavy (non-hydrogen) atoms. The minimum absolute atomic E-state index is 0.132. The molecule has 0 saturated heterocycles. The summed E-state index contributed by atoms with van der Waals surface area (Å²) in [4.78, 5) is 1.25. The molecule has 0 aliphatic carbocycles. The third-order valence-corrected chi connectivity index (χ3v) is 6.25. The first-order chi connectivity index (χ1) is 18.1. The standard InChI is InChI=1S/C26H20F9NO3/c27-24(28,29)22(37)14-36-15-23(20-9-1-2-10-21(20)36,17-6-4-8-19(12-17)39-26(33,34)35)13-16-5-3-7-18(11-16)38-25(30,31)32/h1-12,22,37H,13-15H2/t22-,23-/m1/s1. The number of benzene rings is 3. The summed E-state index contributed by atoms with van der Waals surface area (Å²) in [7, 11) is 0. The van der Waals surface area contributed by atoms with E-state index in [9.17, 15) is 44.6 Å². The van der Waals surface area contributed by atoms with Gasteiger partial charge in [0.2, 0.25) is 0 Å². The summed E-state index contributed by atoms with van der Waals surface area (Å²) >= 11 is 0. The van der Waals surface area contributed by atoms with Crippen LogP contribution in [0.15, 0.2) is 72.8 Å². The van der Waals surface area contributed by atoms with E-state index in [-0.39, 0.29) is 29.8 Å². The number of aliphatic hydroxyl groups excluding tert-OH is 1. The molecule has 13 heteroatoms. The maximum atomic E-state index is 13.2. The van der Waals surface area contributed by atoms with Gasteiger partial charge in [-0.2, -0.15) is 13.2 Å². The van der Waals surface area contributed by atoms with Crippen molar-refractivity contribution in [1.82, 2.24) is 0 Å². The van der Waals surface area contributed by atoms with Crippen LogP contribution in [0, 0.1) is 0 Å². The molecule has 0 fully saturated rings. The lowest BCUT2D eigenvalue weighted by Gasteiger charge is -2.33. The number of β-amino-alcohol motifs (C(OH)–C–C–N with tert-alkyl or cyclic N) is 1. The molecule has 4 rings (SSSR count). The van der Waals surface area contributed by atoms with Crippen LogP contribution in [0.4, 0.5) is 45.2 Å². The lowest BCUT2D eigenvalue weighted by Crippen LogP contribution is -2.44. The highest BCUT2D eigenvalue weighted by molar-refractivity contribution is 5.67. The zero-order chi connectivity index (χ0) is 28.6. The number of ether oxygens (including phenoxy) is 2. The Kier molecular flexibility index (Phi) is 7.41. The first-order valence-electron chi connectivity index (χ1n) is 11.4. The summed E-state index contributed by atoms with van der Waals surface area (Å²) in [6.45, 7) is -1.11. The number of halogens is 9. The summed E-state index contributed by atoms with van der Waals surface area (Å²) in [6, 6.07) is 16.0. The molecular formula is C26H20F9NO3. The fourth-order valence-electron chi connectivity index (χ4n) is 4.82. The highest BCUT2D eigenvalue weighted by Crippen LogP contribution is 2.48. The molecule has 1 N–H and O–H groups in total. The van der Waals surface area contributed by atoms with Crippen LogP contribution < -0.4 is 14.4 Å². The Balaban J connectivity index is 1.84. The Morgan fingerprint density at radius 1 is 0.769 bits per heavy atom. The minimum atomic E-state index is -5.02. The quantitative estimate of drug-likeness (QED) is 0.322. The maximum absolute atomic E-state index is 13.2. The molecule has 0 amide bonds. The first-order valence-corrected chi connectivity index (χ1v) is 11.4. The number of hydrogen-bond acceptors (Lipinski definition) is 4. The Hall–Kier alpha value is -3.61. The van der Waals surface area contributed by atoms with E-state index in [1.807, 2.05) is 0 Å². The Morgan fingerprint density at radius 3 is 1.97 bits per heavy atom. The first kappa shape index (κ1) is 28.4. The zero-order valence-electron chi connectivity index (χ0n) is 19.7. The topological polar surface area (TPSA) is 41.9 Å². The average molecular weight is 565 g/mol. The number of rotatable bonds is 7. The zero-order valence-corrected chi connectivity index (χ0v) is 19.7. The predicted molar refractivity (Wildman–Crippen MR) is 121 cm³/mol. The largest absolute Gasteiger partial charge is 0.573 e. The van der Waals surface area contributed by atoms with E-state index in [1.54, 1.807) is 18.2 Å². The Bertz CT molecular complexity index is 1310. The fraction of sp³-hybridized carbons (Fsp3) is 0.308. The fourth-order valence-corrected chi connectivity index (χ4v) is 4.82. The maximum Gasteiger partial charge on any atom is 0.573 e. The van der Waals surface area contributed by atoms with E-state index < -0.39 is 48.5 Å². The van der Waals surface area contributed by atoms with Gasteiger partial charge in [-0.05, 0) is 53.4 Å². The van der Waals surface area contributed by atoms with Gasteiger partial charge in [0.05, 0.1) is 6.54 Å². The van der Waals surface area contributed by atoms with Crippen LogP contribution in [0.25, 0.3) is 0 Å². The molecule has 1 aliphatic rings. The molecule has 1 heterocycles. The highest BCUT2D eigenvalue weighted by Gasteiger charge is 2.47. The van der Waals surface area contributed by atoms with Crippen LogP contribution in [0.2, 0.25) is 0 Å². The van der Waals surface area contributed by atoms with Gasteiger partial charge in [-0.25, -0.2) is 0 Å². The van der Waals surface area contributed by atoms with E-state index in [1.165, 1.54) is 35.2 Å². The molecule has 3 aromatic rings. The van der Waals surface area contributed by atoms with Gasteiger partial charge in [0, 0.05) is 17.6 Å². The average Bonchev–Trinajstić information content (AvgIpc) is 3.11. The number of aliphatic hydroxyl groups is 1. The van der Waals surface area contributed by atoms with Crippen molar-refractivity contribution in [3.05, 3.63) is 89.5 Å². The van der Waals surface area contributed by atoms with Crippen molar-refractivity contribution in [3.8, 4) is 11.5 Å². The van der Waals surface area contributed by atoms with Crippen molar-refractivity contribution in [2.75, 3.05) is 18.0 Å². The monoisotopic (exact) mass is 565 g/mol. The normalized spacial score (nSPS) is 18.6. The molecule has 1 aliphatic heterocycles. The van der Waals surface area contributed by atoms with Crippen LogP contribution in [0.3, 0.4) is 0 Å². The van der Waals surface area contributed by atoms with E-state index in [0.29, 0.717) is 5.56 Å². The van der Waals surface area contributed by atoms with Gasteiger partial charge in [0.25, 0.3) is 0 Å². The van der Waals surface area contributed by atoms with Gasteiger partial charge in [-0.15, -0.1) is 26.3 Å². The SMILES string of the molecule is O[C@H](CN1C[C@](Cc2cccc(OC(F)(F)F)c2)(c2cccc(OC(F)(F)F)c2)c2ccccc21)C(F)(F)F. The second kappa shape index (κ2) is 10.2. The Labute approximate surface area is 216 Å². The van der Waals surface area contributed by atoms with Crippen molar-refractivity contribution in [2.45, 2.75) is 36.8 Å². The van der Waals surface area contributed by atoms with Gasteiger partial charge < -0.3 is 19.5 Å². The van der Waals surface area contributed by atoms with Crippen molar-refractivity contribution in [1.29, 1.82) is 0 Å². The highest BCUT2D eigenvalue weighted by atomic mass is 19.4. The molecule has 0 spiro atoms. The van der Waals surface area contributed by atoms with E-state index in [0.717, 1.165) is 24.3 Å². The number of alkyl halides is 9. The summed E-state index contributed by atoms with van der Waals surface area (Å²) in [5, 5.41) is 9.78. The van der Waals surface area contributed by atoms with Crippen LogP contribution in [-0.2, 0) is 11.8 Å². The molecule has 0 aromatic heterocycles. The van der Waals surface area contributed by atoms with Crippen LogP contribution in [0.1, 0.15) is 16.7 Å². The lowest BCUT2D eigenvalue weighted by molar-refractivity contribution is -0.275. The van der Waals surface area contributed by atoms with Crippen LogP contribution in [0.5, 0.6) is 11.5 Å². The van der Waals surface area contributed by atoms with E-state index in [2.05, 4.69) is 9.47 Å². The van der Waals surface area contributed by atoms with Gasteiger partial charge in [-0.1, -0.05) is 42.5 Å². The molecule has 210 valence electrons. The predicted octanol–water partition coefficient (Wildman–Crippen LogP) is 6.76. The van der Waals surface area contributed by atoms with Gasteiger partial charge in [-0.3, -0.25) is 0 Å². The molecule has 4 nitrogen and oxygen atoms in total. The summed E-state index contributed by atoms with van der Waals surface area (Å²) in [6.07, 6.45) is -17.8. The summed E-state index contributed by atoms with van der Waals surface area (Å²) in [5.74, 6) is -1.13. The molecular weight excluding hydrogens is 545 g/mol. The molecule has 2 atom stereocenters. The summed E-state index contributed by atoms with van der Waals surface area (Å²) < 4.78 is 125. The third kappa shape index (κ3) is 6.70. The third-order valence-electron chi connectivity index (χ3n) is 6.25. The number of fused-ring (bicyclic) bond motifs is 1. The van der Waals surface area contributed by atoms with Crippen molar-refractivity contribution >= 4 is 5.69 Å². The van der Waals surface area contributed by atoms with E-state index in [4.69, 9.17) is 0 Å². The molecule has 0 unspecified atom stereocenters. The molecule has 3 aromatic carbocycles. The van der Waals surface area contributed by atoms with Gasteiger partial charge in [0.1, 0.15) is 11.5 Å². The lowest BCUT2D eigenvalue weighted by atomic mass is 9.71. The number of para-hydroxylation sites is 1. The Morgan fingerprint density at radius 2 is 1.36 bits per heavy atom. The van der Waals surface area contributed by atoms with Gasteiger partial charge >= 0.3 is 18.9 Å². The minimum Gasteiger partial charge on any atom is -0.406 e. The van der Waals surface area contributed by atoms with E-state index >= 15 is 0 Å². The second-order valence-corrected chi connectivity index (χ2v) is 8.98. The molecule has 0 radical (unpaired) electrons.